The first-order valence-corrected chi connectivity index (χ1v) is 5.99. The third kappa shape index (κ3) is 1.34. The van der Waals surface area contributed by atoms with E-state index >= 15 is 0 Å². The quantitative estimate of drug-likeness (QED) is 0.839. The average Bonchev–Trinajstić information content (AvgIpc) is 2.47. The van der Waals surface area contributed by atoms with Crippen molar-refractivity contribution in [2.75, 3.05) is 5.32 Å². The molecular formula is C10H15ClN2S. The summed E-state index contributed by atoms with van der Waals surface area (Å²) >= 11 is 7.33. The van der Waals surface area contributed by atoms with Crippen molar-refractivity contribution in [2.45, 2.75) is 33.7 Å². The van der Waals surface area contributed by atoms with Crippen LogP contribution < -0.4 is 5.32 Å². The molecule has 0 aliphatic heterocycles. The van der Waals surface area contributed by atoms with E-state index in [0.717, 1.165) is 5.13 Å². The van der Waals surface area contributed by atoms with Gasteiger partial charge in [-0.05, 0) is 10.8 Å². The third-order valence-corrected chi connectivity index (χ3v) is 4.86. The lowest BCUT2D eigenvalue weighted by Crippen LogP contribution is -2.09. The zero-order chi connectivity index (χ0) is 10.6. The highest BCUT2D eigenvalue weighted by atomic mass is 35.5. The van der Waals surface area contributed by atoms with E-state index in [0.29, 0.717) is 22.0 Å². The Morgan fingerprint density at radius 2 is 1.93 bits per heavy atom. The van der Waals surface area contributed by atoms with Gasteiger partial charge in [0.25, 0.3) is 0 Å². The Hall–Kier alpha value is -0.280. The molecule has 2 rings (SSSR count). The molecular weight excluding hydrogens is 216 g/mol. The standard InChI is InChI=1S/C10H15ClN2S/c1-9(2)7(10(9,3)4)13-8-12-6(11)5-14-8/h5,7H,1-4H3,(H,12,13). The van der Waals surface area contributed by atoms with Crippen molar-refractivity contribution < 1.29 is 0 Å². The Labute approximate surface area is 93.7 Å². The molecule has 1 aromatic heterocycles. The molecule has 2 nitrogen and oxygen atoms in total. The maximum Gasteiger partial charge on any atom is 0.184 e. The minimum atomic E-state index is 0.338. The number of aromatic nitrogens is 1. The second-order valence-electron chi connectivity index (χ2n) is 5.00. The molecule has 1 saturated carbocycles. The van der Waals surface area contributed by atoms with Gasteiger partial charge in [-0.25, -0.2) is 4.98 Å². The molecule has 0 aromatic carbocycles. The number of rotatable bonds is 2. The Balaban J connectivity index is 2.08. The summed E-state index contributed by atoms with van der Waals surface area (Å²) in [5.74, 6) is 0. The molecule has 1 N–H and O–H groups in total. The fraction of sp³-hybridized carbons (Fsp3) is 0.700. The van der Waals surface area contributed by atoms with Crippen LogP contribution in [-0.4, -0.2) is 11.0 Å². The molecule has 78 valence electrons. The number of hydrogen-bond acceptors (Lipinski definition) is 3. The summed E-state index contributed by atoms with van der Waals surface area (Å²) in [5.41, 5.74) is 0.677. The van der Waals surface area contributed by atoms with Gasteiger partial charge in [-0.15, -0.1) is 11.3 Å². The molecule has 0 atom stereocenters. The van der Waals surface area contributed by atoms with Crippen molar-refractivity contribution >= 4 is 28.1 Å². The summed E-state index contributed by atoms with van der Waals surface area (Å²) in [7, 11) is 0. The van der Waals surface area contributed by atoms with Gasteiger partial charge < -0.3 is 5.32 Å². The van der Waals surface area contributed by atoms with Crippen LogP contribution in [0.5, 0.6) is 0 Å². The lowest BCUT2D eigenvalue weighted by atomic mass is 10.0. The number of thiazole rings is 1. The van der Waals surface area contributed by atoms with Gasteiger partial charge in [-0.1, -0.05) is 39.3 Å². The molecule has 0 amide bonds. The van der Waals surface area contributed by atoms with E-state index in [1.54, 1.807) is 11.3 Å². The summed E-state index contributed by atoms with van der Waals surface area (Å²) in [5, 5.41) is 6.80. The highest BCUT2D eigenvalue weighted by Crippen LogP contribution is 2.63. The molecule has 0 radical (unpaired) electrons. The van der Waals surface area contributed by atoms with Crippen LogP contribution in [0.25, 0.3) is 0 Å². The molecule has 0 bridgehead atoms. The first kappa shape index (κ1) is 10.2. The Kier molecular flexibility index (Phi) is 2.09. The molecule has 1 fully saturated rings. The van der Waals surface area contributed by atoms with Gasteiger partial charge in [-0.3, -0.25) is 0 Å². The molecule has 1 aliphatic rings. The number of nitrogens with one attached hydrogen (secondary N) is 1. The second kappa shape index (κ2) is 2.86. The SMILES string of the molecule is CC1(C)C(Nc2nc(Cl)cs2)C1(C)C. The smallest absolute Gasteiger partial charge is 0.184 e. The van der Waals surface area contributed by atoms with Crippen LogP contribution in [0, 0.1) is 10.8 Å². The zero-order valence-corrected chi connectivity index (χ0v) is 10.5. The van der Waals surface area contributed by atoms with Crippen molar-refractivity contribution in [1.82, 2.24) is 4.98 Å². The number of anilines is 1. The van der Waals surface area contributed by atoms with Gasteiger partial charge in [0.15, 0.2) is 5.13 Å². The first-order chi connectivity index (χ1) is 6.35. The minimum Gasteiger partial charge on any atom is -0.358 e. The van der Waals surface area contributed by atoms with Crippen molar-refractivity contribution in [3.05, 3.63) is 10.5 Å². The summed E-state index contributed by atoms with van der Waals surface area (Å²) in [6.45, 7) is 9.11. The van der Waals surface area contributed by atoms with Crippen LogP contribution in [0.2, 0.25) is 5.15 Å². The lowest BCUT2D eigenvalue weighted by molar-refractivity contribution is 0.457. The van der Waals surface area contributed by atoms with Crippen molar-refractivity contribution in [3.8, 4) is 0 Å². The Morgan fingerprint density at radius 3 is 2.29 bits per heavy atom. The maximum absolute atomic E-state index is 5.77. The van der Waals surface area contributed by atoms with Crippen LogP contribution in [0.3, 0.4) is 0 Å². The van der Waals surface area contributed by atoms with Gasteiger partial charge in [0.05, 0.1) is 0 Å². The minimum absolute atomic E-state index is 0.338. The predicted molar refractivity (Wildman–Crippen MR) is 62.1 cm³/mol. The van der Waals surface area contributed by atoms with Crippen LogP contribution >= 0.6 is 22.9 Å². The fourth-order valence-electron chi connectivity index (χ4n) is 2.00. The van der Waals surface area contributed by atoms with Gasteiger partial charge in [-0.2, -0.15) is 0 Å². The number of hydrogen-bond donors (Lipinski definition) is 1. The average molecular weight is 231 g/mol. The summed E-state index contributed by atoms with van der Waals surface area (Å²) < 4.78 is 0. The van der Waals surface area contributed by atoms with Gasteiger partial charge in [0.2, 0.25) is 0 Å². The van der Waals surface area contributed by atoms with E-state index in [-0.39, 0.29) is 0 Å². The maximum atomic E-state index is 5.77. The normalized spacial score (nSPS) is 23.5. The number of nitrogens with zero attached hydrogens (tertiary/aromatic N) is 1. The zero-order valence-electron chi connectivity index (χ0n) is 8.89. The Bertz CT molecular complexity index is 343. The molecule has 0 saturated heterocycles. The topological polar surface area (TPSA) is 24.9 Å². The van der Waals surface area contributed by atoms with Crippen molar-refractivity contribution in [1.29, 1.82) is 0 Å². The van der Waals surface area contributed by atoms with Crippen molar-refractivity contribution in [3.63, 3.8) is 0 Å². The van der Waals surface area contributed by atoms with E-state index < -0.39 is 0 Å². The summed E-state index contributed by atoms with van der Waals surface area (Å²) in [6, 6.07) is 0.497. The van der Waals surface area contributed by atoms with Gasteiger partial charge in [0.1, 0.15) is 5.15 Å². The molecule has 1 heterocycles. The third-order valence-electron chi connectivity index (χ3n) is 3.76. The summed E-state index contributed by atoms with van der Waals surface area (Å²) in [4.78, 5) is 4.19. The highest BCUT2D eigenvalue weighted by molar-refractivity contribution is 7.14. The van der Waals surface area contributed by atoms with E-state index in [9.17, 15) is 0 Å². The Morgan fingerprint density at radius 1 is 1.36 bits per heavy atom. The number of halogens is 1. The molecule has 1 aliphatic carbocycles. The second-order valence-corrected chi connectivity index (χ2v) is 6.24. The molecule has 1 aromatic rings. The molecule has 0 unspecified atom stereocenters. The van der Waals surface area contributed by atoms with Crippen LogP contribution in [0.4, 0.5) is 5.13 Å². The molecule has 14 heavy (non-hydrogen) atoms. The lowest BCUT2D eigenvalue weighted by Gasteiger charge is -2.02. The van der Waals surface area contributed by atoms with Crippen LogP contribution in [0.1, 0.15) is 27.7 Å². The largest absolute Gasteiger partial charge is 0.358 e. The van der Waals surface area contributed by atoms with E-state index in [2.05, 4.69) is 38.0 Å². The monoisotopic (exact) mass is 230 g/mol. The molecule has 4 heteroatoms. The van der Waals surface area contributed by atoms with Gasteiger partial charge in [0, 0.05) is 11.4 Å². The summed E-state index contributed by atoms with van der Waals surface area (Å²) in [6.07, 6.45) is 0. The van der Waals surface area contributed by atoms with E-state index in [1.165, 1.54) is 0 Å². The van der Waals surface area contributed by atoms with Crippen LogP contribution in [-0.2, 0) is 0 Å². The predicted octanol–water partition coefficient (Wildman–Crippen LogP) is 3.64. The molecule has 0 spiro atoms. The van der Waals surface area contributed by atoms with E-state index in [1.807, 2.05) is 5.38 Å². The first-order valence-electron chi connectivity index (χ1n) is 4.73. The van der Waals surface area contributed by atoms with Crippen LogP contribution in [0.15, 0.2) is 5.38 Å². The van der Waals surface area contributed by atoms with E-state index in [4.69, 9.17) is 11.6 Å². The van der Waals surface area contributed by atoms with Crippen molar-refractivity contribution in [2.24, 2.45) is 10.8 Å². The fourth-order valence-corrected chi connectivity index (χ4v) is 2.87. The van der Waals surface area contributed by atoms with Gasteiger partial charge >= 0.3 is 0 Å². The highest BCUT2D eigenvalue weighted by Gasteiger charge is 2.65.